The summed E-state index contributed by atoms with van der Waals surface area (Å²) >= 11 is 0. The first-order valence-electron chi connectivity index (χ1n) is 6.69. The smallest absolute Gasteiger partial charge is 0.0421 e. The average Bonchev–Trinajstić information content (AvgIpc) is 2.47. The monoisotopic (exact) mass is 255 g/mol. The van der Waals surface area contributed by atoms with E-state index in [9.17, 15) is 0 Å². The minimum atomic E-state index is 0.703. The maximum absolute atomic E-state index is 5.55. The van der Waals surface area contributed by atoms with E-state index in [2.05, 4.69) is 47.3 Å². The molecule has 0 spiro atoms. The number of nitrogens with two attached hydrogens (primary N) is 1. The molecule has 2 rings (SSSR count). The summed E-state index contributed by atoms with van der Waals surface area (Å²) in [5.41, 5.74) is 9.22. The number of pyridine rings is 1. The molecule has 2 N–H and O–H groups in total. The predicted octanol–water partition coefficient (Wildman–Crippen LogP) is 2.26. The molecule has 0 radical (unpaired) electrons. The number of rotatable bonds is 6. The van der Waals surface area contributed by atoms with E-state index in [-0.39, 0.29) is 0 Å². The molecule has 100 valence electrons. The molecule has 1 aromatic carbocycles. The summed E-state index contributed by atoms with van der Waals surface area (Å²) in [6.45, 7) is 1.67. The molecule has 0 aliphatic heterocycles. The summed E-state index contributed by atoms with van der Waals surface area (Å²) in [5, 5.41) is 0. The number of likely N-dealkylation sites (N-methyl/N-ethyl adjacent to an activating group) is 1. The van der Waals surface area contributed by atoms with Crippen LogP contribution in [0.15, 0.2) is 48.7 Å². The van der Waals surface area contributed by atoms with Gasteiger partial charge in [0.1, 0.15) is 0 Å². The molecule has 3 heteroatoms. The first kappa shape index (κ1) is 13.6. The van der Waals surface area contributed by atoms with Crippen LogP contribution in [0.25, 0.3) is 0 Å². The van der Waals surface area contributed by atoms with E-state index in [1.165, 1.54) is 11.3 Å². The summed E-state index contributed by atoms with van der Waals surface area (Å²) in [7, 11) is 2.11. The van der Waals surface area contributed by atoms with Gasteiger partial charge in [-0.3, -0.25) is 4.98 Å². The van der Waals surface area contributed by atoms with E-state index in [4.69, 9.17) is 5.73 Å². The van der Waals surface area contributed by atoms with Gasteiger partial charge >= 0.3 is 0 Å². The fourth-order valence-electron chi connectivity index (χ4n) is 2.04. The summed E-state index contributed by atoms with van der Waals surface area (Å²) in [6.07, 6.45) is 3.75. The minimum Gasteiger partial charge on any atom is -0.374 e. The zero-order valence-electron chi connectivity index (χ0n) is 11.4. The lowest BCUT2D eigenvalue weighted by Crippen LogP contribution is -2.20. The van der Waals surface area contributed by atoms with Gasteiger partial charge in [-0.15, -0.1) is 0 Å². The number of hydrogen-bond acceptors (Lipinski definition) is 3. The lowest BCUT2D eigenvalue weighted by molar-refractivity contribution is 0.852. The Bertz CT molecular complexity index is 479. The maximum Gasteiger partial charge on any atom is 0.0421 e. The predicted molar refractivity (Wildman–Crippen MR) is 80.4 cm³/mol. The molecule has 19 heavy (non-hydrogen) atoms. The second kappa shape index (κ2) is 6.90. The van der Waals surface area contributed by atoms with Crippen LogP contribution < -0.4 is 10.6 Å². The van der Waals surface area contributed by atoms with Crippen molar-refractivity contribution in [1.82, 2.24) is 4.98 Å². The maximum atomic E-state index is 5.55. The lowest BCUT2D eigenvalue weighted by Gasteiger charge is -2.19. The first-order valence-corrected chi connectivity index (χ1v) is 6.69. The van der Waals surface area contributed by atoms with Crippen LogP contribution in [0.3, 0.4) is 0 Å². The Morgan fingerprint density at radius 1 is 1.05 bits per heavy atom. The molecule has 1 aromatic heterocycles. The van der Waals surface area contributed by atoms with Crippen molar-refractivity contribution in [3.05, 3.63) is 59.9 Å². The van der Waals surface area contributed by atoms with Crippen molar-refractivity contribution in [2.45, 2.75) is 12.8 Å². The molecular weight excluding hydrogens is 234 g/mol. The summed E-state index contributed by atoms with van der Waals surface area (Å²) in [6, 6.07) is 14.7. The molecule has 0 aliphatic rings. The van der Waals surface area contributed by atoms with Gasteiger partial charge < -0.3 is 10.6 Å². The largest absolute Gasteiger partial charge is 0.374 e. The molecule has 0 unspecified atom stereocenters. The third-order valence-corrected chi connectivity index (χ3v) is 3.24. The van der Waals surface area contributed by atoms with Gasteiger partial charge in [0.2, 0.25) is 0 Å². The van der Waals surface area contributed by atoms with Gasteiger partial charge in [-0.05, 0) is 42.8 Å². The van der Waals surface area contributed by atoms with E-state index in [1.807, 2.05) is 18.3 Å². The highest BCUT2D eigenvalue weighted by Crippen LogP contribution is 2.14. The molecule has 0 bridgehead atoms. The molecule has 2 aromatic rings. The number of aromatic nitrogens is 1. The van der Waals surface area contributed by atoms with Crippen LogP contribution in [0.5, 0.6) is 0 Å². The van der Waals surface area contributed by atoms with E-state index >= 15 is 0 Å². The van der Waals surface area contributed by atoms with E-state index in [0.29, 0.717) is 6.54 Å². The van der Waals surface area contributed by atoms with Crippen molar-refractivity contribution in [2.75, 3.05) is 25.0 Å². The first-order chi connectivity index (χ1) is 9.29. The lowest BCUT2D eigenvalue weighted by atomic mass is 10.1. The summed E-state index contributed by atoms with van der Waals surface area (Å²) < 4.78 is 0. The van der Waals surface area contributed by atoms with E-state index in [1.54, 1.807) is 0 Å². The molecule has 0 atom stereocenters. The van der Waals surface area contributed by atoms with Crippen LogP contribution in [0.1, 0.15) is 11.3 Å². The van der Waals surface area contributed by atoms with Crippen LogP contribution in [-0.4, -0.2) is 25.1 Å². The van der Waals surface area contributed by atoms with Gasteiger partial charge in [0, 0.05) is 37.6 Å². The topological polar surface area (TPSA) is 42.2 Å². The Hall–Kier alpha value is -1.87. The van der Waals surface area contributed by atoms with Gasteiger partial charge in [-0.2, -0.15) is 0 Å². The van der Waals surface area contributed by atoms with Crippen LogP contribution in [0.4, 0.5) is 5.69 Å². The minimum absolute atomic E-state index is 0.703. The fraction of sp³-hybridized carbons (Fsp3) is 0.312. The van der Waals surface area contributed by atoms with Crippen LogP contribution in [0.2, 0.25) is 0 Å². The van der Waals surface area contributed by atoms with Crippen molar-refractivity contribution in [2.24, 2.45) is 5.73 Å². The van der Waals surface area contributed by atoms with Gasteiger partial charge in [-0.1, -0.05) is 18.2 Å². The molecule has 0 saturated carbocycles. The highest BCUT2D eigenvalue weighted by Gasteiger charge is 2.02. The molecular formula is C16H21N3. The highest BCUT2D eigenvalue weighted by atomic mass is 15.1. The second-order valence-corrected chi connectivity index (χ2v) is 4.70. The third-order valence-electron chi connectivity index (χ3n) is 3.24. The highest BCUT2D eigenvalue weighted by molar-refractivity contribution is 5.47. The normalized spacial score (nSPS) is 10.4. The molecule has 0 aliphatic carbocycles. The Labute approximate surface area is 115 Å². The summed E-state index contributed by atoms with van der Waals surface area (Å²) in [4.78, 5) is 6.59. The van der Waals surface area contributed by atoms with Crippen LogP contribution in [-0.2, 0) is 12.8 Å². The van der Waals surface area contributed by atoms with Gasteiger partial charge in [0.25, 0.3) is 0 Å². The zero-order chi connectivity index (χ0) is 13.5. The van der Waals surface area contributed by atoms with Crippen LogP contribution in [0, 0.1) is 0 Å². The Morgan fingerprint density at radius 3 is 2.47 bits per heavy atom. The number of benzene rings is 1. The van der Waals surface area contributed by atoms with Gasteiger partial charge in [-0.25, -0.2) is 0 Å². The van der Waals surface area contributed by atoms with E-state index < -0.39 is 0 Å². The third kappa shape index (κ3) is 4.07. The van der Waals surface area contributed by atoms with Crippen molar-refractivity contribution in [3.8, 4) is 0 Å². The van der Waals surface area contributed by atoms with Gasteiger partial charge in [0.15, 0.2) is 0 Å². The molecule has 0 amide bonds. The SMILES string of the molecule is CN(CCc1ccccn1)c1ccc(CCN)cc1. The molecule has 0 saturated heterocycles. The quantitative estimate of drug-likeness (QED) is 0.861. The van der Waals surface area contributed by atoms with E-state index in [0.717, 1.165) is 25.1 Å². The Morgan fingerprint density at radius 2 is 1.84 bits per heavy atom. The zero-order valence-corrected chi connectivity index (χ0v) is 11.4. The average molecular weight is 255 g/mol. The molecule has 1 heterocycles. The van der Waals surface area contributed by atoms with Crippen LogP contribution >= 0.6 is 0 Å². The number of hydrogen-bond donors (Lipinski definition) is 1. The Kier molecular flexibility index (Phi) is 4.93. The van der Waals surface area contributed by atoms with Crippen molar-refractivity contribution in [1.29, 1.82) is 0 Å². The fourth-order valence-corrected chi connectivity index (χ4v) is 2.04. The van der Waals surface area contributed by atoms with Crippen molar-refractivity contribution >= 4 is 5.69 Å². The van der Waals surface area contributed by atoms with Gasteiger partial charge in [0.05, 0.1) is 0 Å². The standard InChI is InChI=1S/C16H21N3/c1-19(13-10-15-4-2-3-12-18-15)16-7-5-14(6-8-16)9-11-17/h2-8,12H,9-11,13,17H2,1H3. The Balaban J connectivity index is 1.90. The second-order valence-electron chi connectivity index (χ2n) is 4.70. The number of anilines is 1. The molecule has 3 nitrogen and oxygen atoms in total. The van der Waals surface area contributed by atoms with Crippen molar-refractivity contribution < 1.29 is 0 Å². The summed E-state index contributed by atoms with van der Waals surface area (Å²) in [5.74, 6) is 0. The molecule has 0 fully saturated rings. The van der Waals surface area contributed by atoms with Crippen molar-refractivity contribution in [3.63, 3.8) is 0 Å². The number of nitrogens with zero attached hydrogens (tertiary/aromatic N) is 2.